The van der Waals surface area contributed by atoms with Crippen molar-refractivity contribution in [2.24, 2.45) is 10.8 Å². The molecule has 3 nitrogen and oxygen atoms in total. The predicted molar refractivity (Wildman–Crippen MR) is 216 cm³/mol. The van der Waals surface area contributed by atoms with E-state index in [4.69, 9.17) is 4.98 Å². The maximum atomic E-state index is 14.3. The summed E-state index contributed by atoms with van der Waals surface area (Å²) in [6.07, 6.45) is 8.99. The molecule has 252 valence electrons. The third kappa shape index (κ3) is 3.97. The van der Waals surface area contributed by atoms with Crippen LogP contribution in [-0.4, -0.2) is 15.3 Å². The molecule has 7 aromatic rings. The number of benzene rings is 6. The lowest BCUT2D eigenvalue weighted by Gasteiger charge is -2.41. The van der Waals surface area contributed by atoms with Crippen molar-refractivity contribution in [3.05, 3.63) is 166 Å². The van der Waals surface area contributed by atoms with Crippen LogP contribution in [-0.2, 0) is 10.3 Å². The fraction of sp³-hybridized carbons (Fsp3) is 0.184. The van der Waals surface area contributed by atoms with Crippen LogP contribution in [0.2, 0.25) is 0 Å². The minimum absolute atomic E-state index is 0.141. The SMILES string of the molecule is CC(C)(C)C1=CC(=C2C=Cc3ccccc3C23c2c(ccc4ccccc24)-c2nc4c5ccccc5c5ccccc5c4n23)C=C(C(C)(C)C)C1=O. The number of hydrogen-bond acceptors (Lipinski definition) is 2. The second-order valence-electron chi connectivity index (χ2n) is 16.7. The molecule has 0 saturated heterocycles. The first-order chi connectivity index (χ1) is 25.0. The van der Waals surface area contributed by atoms with Crippen molar-refractivity contribution < 1.29 is 4.79 Å². The quantitative estimate of drug-likeness (QED) is 0.150. The Hall–Kier alpha value is -5.80. The summed E-state index contributed by atoms with van der Waals surface area (Å²) in [5.41, 5.74) is 9.30. The number of Topliss-reactive ketones (excluding diaryl/α,β-unsaturated/α-hetero) is 1. The Labute approximate surface area is 304 Å². The van der Waals surface area contributed by atoms with Crippen LogP contribution in [0.25, 0.3) is 60.8 Å². The number of aromatic nitrogens is 2. The molecule has 1 atom stereocenters. The molecule has 2 aliphatic carbocycles. The molecule has 1 aromatic heterocycles. The van der Waals surface area contributed by atoms with Crippen LogP contribution < -0.4 is 0 Å². The zero-order valence-electron chi connectivity index (χ0n) is 30.5. The highest BCUT2D eigenvalue weighted by Crippen LogP contribution is 2.60. The van der Waals surface area contributed by atoms with E-state index in [9.17, 15) is 4.79 Å². The van der Waals surface area contributed by atoms with Gasteiger partial charge < -0.3 is 4.57 Å². The highest BCUT2D eigenvalue weighted by molar-refractivity contribution is 6.24. The average Bonchev–Trinajstić information content (AvgIpc) is 3.66. The summed E-state index contributed by atoms with van der Waals surface area (Å²) in [5, 5.41) is 7.15. The van der Waals surface area contributed by atoms with E-state index in [1.165, 1.54) is 43.6 Å². The van der Waals surface area contributed by atoms with Crippen LogP contribution in [0.1, 0.15) is 58.2 Å². The van der Waals surface area contributed by atoms with Gasteiger partial charge in [0.25, 0.3) is 0 Å². The van der Waals surface area contributed by atoms with Crippen LogP contribution in [0, 0.1) is 10.8 Å². The summed E-state index contributed by atoms with van der Waals surface area (Å²) < 4.78 is 2.57. The van der Waals surface area contributed by atoms with Crippen molar-refractivity contribution in [3.63, 3.8) is 0 Å². The highest BCUT2D eigenvalue weighted by Gasteiger charge is 2.53. The first-order valence-corrected chi connectivity index (χ1v) is 18.4. The number of carbonyl (C=O) groups is 1. The van der Waals surface area contributed by atoms with Crippen molar-refractivity contribution in [1.29, 1.82) is 0 Å². The molecule has 1 aliphatic heterocycles. The Morgan fingerprint density at radius 3 is 1.87 bits per heavy atom. The summed E-state index contributed by atoms with van der Waals surface area (Å²) in [7, 11) is 0. The van der Waals surface area contributed by atoms with Crippen molar-refractivity contribution in [3.8, 4) is 11.4 Å². The molecule has 0 fully saturated rings. The number of allylic oxidation sites excluding steroid dienone is 7. The molecule has 1 spiro atoms. The lowest BCUT2D eigenvalue weighted by atomic mass is 9.66. The largest absolute Gasteiger partial charge is 0.304 e. The summed E-state index contributed by atoms with van der Waals surface area (Å²) in [6, 6.07) is 39.7. The zero-order chi connectivity index (χ0) is 35.7. The summed E-state index contributed by atoms with van der Waals surface area (Å²) in [4.78, 5) is 20.0. The maximum Gasteiger partial charge on any atom is 0.186 e. The van der Waals surface area contributed by atoms with Crippen LogP contribution in [0.4, 0.5) is 0 Å². The number of carbonyl (C=O) groups excluding carboxylic acids is 1. The first-order valence-electron chi connectivity index (χ1n) is 18.4. The second-order valence-corrected chi connectivity index (χ2v) is 16.7. The van der Waals surface area contributed by atoms with E-state index in [0.717, 1.165) is 50.1 Å². The minimum Gasteiger partial charge on any atom is -0.304 e. The number of hydrogen-bond donors (Lipinski definition) is 0. The van der Waals surface area contributed by atoms with Crippen LogP contribution in [0.3, 0.4) is 0 Å². The van der Waals surface area contributed by atoms with Gasteiger partial charge in [0.2, 0.25) is 0 Å². The smallest absolute Gasteiger partial charge is 0.186 e. The summed E-state index contributed by atoms with van der Waals surface area (Å²) >= 11 is 0. The molecule has 10 rings (SSSR count). The van der Waals surface area contributed by atoms with Crippen LogP contribution >= 0.6 is 0 Å². The number of imidazole rings is 1. The molecular formula is C49H40N2O. The number of rotatable bonds is 0. The molecule has 0 N–H and O–H groups in total. The number of fused-ring (bicyclic) bond motifs is 16. The van der Waals surface area contributed by atoms with E-state index in [2.05, 4.69) is 180 Å². The predicted octanol–water partition coefficient (Wildman–Crippen LogP) is 12.1. The third-order valence-electron chi connectivity index (χ3n) is 11.6. The fourth-order valence-electron chi connectivity index (χ4n) is 9.30. The second kappa shape index (κ2) is 10.4. The molecule has 6 aromatic carbocycles. The minimum atomic E-state index is -0.800. The van der Waals surface area contributed by atoms with Crippen molar-refractivity contribution in [1.82, 2.24) is 9.55 Å². The standard InChI is InChI=1S/C49H40N2O/c1-47(2,3)40-27-31(28-41(45(40)52)48(4,5)6)39-26-24-30-16-8-14-22-38(30)49(39)42-32-17-9-7-15-29(32)23-25-37(42)46-50-43-35-20-12-10-18-33(35)34-19-11-13-21-36(34)44(43)51(46)49/h7-28H,1-6H3. The lowest BCUT2D eigenvalue weighted by molar-refractivity contribution is -0.114. The lowest BCUT2D eigenvalue weighted by Crippen LogP contribution is -2.39. The van der Waals surface area contributed by atoms with Crippen LogP contribution in [0.15, 0.2) is 150 Å². The topological polar surface area (TPSA) is 34.9 Å². The molecule has 0 radical (unpaired) electrons. The molecule has 2 heterocycles. The van der Waals surface area contributed by atoms with Gasteiger partial charge in [-0.2, -0.15) is 0 Å². The Morgan fingerprint density at radius 2 is 1.17 bits per heavy atom. The van der Waals surface area contributed by atoms with Crippen LogP contribution in [0.5, 0.6) is 0 Å². The van der Waals surface area contributed by atoms with Gasteiger partial charge >= 0.3 is 0 Å². The van der Waals surface area contributed by atoms with Gasteiger partial charge in [-0.05, 0) is 66.8 Å². The zero-order valence-corrected chi connectivity index (χ0v) is 30.5. The van der Waals surface area contributed by atoms with Crippen molar-refractivity contribution in [2.75, 3.05) is 0 Å². The third-order valence-corrected chi connectivity index (χ3v) is 11.6. The van der Waals surface area contributed by atoms with E-state index in [-0.39, 0.29) is 16.6 Å². The summed E-state index contributed by atoms with van der Waals surface area (Å²) in [6.45, 7) is 12.9. The van der Waals surface area contributed by atoms with Gasteiger partial charge in [0.05, 0.1) is 11.0 Å². The maximum absolute atomic E-state index is 14.3. The van der Waals surface area contributed by atoms with Crippen molar-refractivity contribution in [2.45, 2.75) is 47.1 Å². The first kappa shape index (κ1) is 31.0. The summed E-state index contributed by atoms with van der Waals surface area (Å²) in [5.74, 6) is 1.11. The molecule has 3 heteroatoms. The Balaban J connectivity index is 1.50. The fourth-order valence-corrected chi connectivity index (χ4v) is 9.30. The van der Waals surface area contributed by atoms with Gasteiger partial charge in [0, 0.05) is 33.0 Å². The molecule has 0 saturated carbocycles. The van der Waals surface area contributed by atoms with Gasteiger partial charge in [-0.3, -0.25) is 4.79 Å². The van der Waals surface area contributed by atoms with E-state index in [0.29, 0.717) is 0 Å². The van der Waals surface area contributed by atoms with E-state index in [1.54, 1.807) is 0 Å². The van der Waals surface area contributed by atoms with E-state index in [1.807, 2.05) is 0 Å². The normalized spacial score (nSPS) is 18.4. The molecule has 52 heavy (non-hydrogen) atoms. The van der Waals surface area contributed by atoms with E-state index < -0.39 is 5.54 Å². The van der Waals surface area contributed by atoms with Gasteiger partial charge in [0.1, 0.15) is 11.4 Å². The highest BCUT2D eigenvalue weighted by atomic mass is 16.1. The van der Waals surface area contributed by atoms with Gasteiger partial charge in [-0.15, -0.1) is 0 Å². The Kier molecular flexibility index (Phi) is 6.19. The molecule has 3 aliphatic rings. The average molecular weight is 673 g/mol. The monoisotopic (exact) mass is 672 g/mol. The molecule has 0 amide bonds. The molecule has 1 unspecified atom stereocenters. The van der Waals surface area contributed by atoms with Crippen molar-refractivity contribution >= 4 is 55.2 Å². The Morgan fingerprint density at radius 1 is 0.596 bits per heavy atom. The van der Waals surface area contributed by atoms with Gasteiger partial charge in [-0.1, -0.05) is 163 Å². The van der Waals surface area contributed by atoms with Gasteiger partial charge in [-0.25, -0.2) is 4.98 Å². The van der Waals surface area contributed by atoms with Gasteiger partial charge in [0.15, 0.2) is 5.78 Å². The Bertz CT molecular complexity index is 2840. The number of ketones is 1. The number of nitrogens with zero attached hydrogens (tertiary/aromatic N) is 2. The molecule has 0 bridgehead atoms. The van der Waals surface area contributed by atoms with E-state index >= 15 is 0 Å². The molecular weight excluding hydrogens is 633 g/mol.